The molecule has 0 bridgehead atoms. The van der Waals surface area contributed by atoms with Crippen molar-refractivity contribution in [3.63, 3.8) is 0 Å². The molecule has 0 atom stereocenters. The van der Waals surface area contributed by atoms with Gasteiger partial charge in [0.2, 0.25) is 0 Å². The Morgan fingerprint density at radius 3 is 2.59 bits per heavy atom. The molecule has 1 aromatic heterocycles. The summed E-state index contributed by atoms with van der Waals surface area (Å²) in [5.41, 5.74) is 0.381. The summed E-state index contributed by atoms with van der Waals surface area (Å²) in [6.07, 6.45) is 5.58. The normalized spacial score (nSPS) is 20.3. The molecule has 1 aromatic rings. The number of rotatable bonds is 4. The lowest BCUT2D eigenvalue weighted by Gasteiger charge is -2.37. The van der Waals surface area contributed by atoms with E-state index in [1.54, 1.807) is 11.1 Å². The van der Waals surface area contributed by atoms with Crippen molar-refractivity contribution in [1.29, 1.82) is 0 Å². The fourth-order valence-corrected chi connectivity index (χ4v) is 2.78. The average molecular weight is 306 g/mol. The number of hydrogen-bond acceptors (Lipinski definition) is 6. The van der Waals surface area contributed by atoms with Gasteiger partial charge in [-0.3, -0.25) is 4.79 Å². The molecular formula is C15H22N4O3. The highest BCUT2D eigenvalue weighted by atomic mass is 16.7. The number of anilines is 1. The zero-order valence-electron chi connectivity index (χ0n) is 12.9. The van der Waals surface area contributed by atoms with E-state index < -0.39 is 5.79 Å². The van der Waals surface area contributed by atoms with Gasteiger partial charge in [-0.2, -0.15) is 0 Å². The molecule has 0 aliphatic carbocycles. The minimum Gasteiger partial charge on any atom is -0.369 e. The number of piperidine rings is 1. The molecule has 3 rings (SSSR count). The standard InChI is InChI=1S/C15H22N4O3/c1-2-5-16-13-11-17-12(10-18-13)14(20)19-6-3-15(4-7-19)21-8-9-22-15/h10-11H,2-9H2,1H3,(H,16,18). The Morgan fingerprint density at radius 1 is 1.27 bits per heavy atom. The van der Waals surface area contributed by atoms with Crippen molar-refractivity contribution in [2.75, 3.05) is 38.2 Å². The Morgan fingerprint density at radius 2 is 2.00 bits per heavy atom. The Bertz CT molecular complexity index is 504. The molecular weight excluding hydrogens is 284 g/mol. The Kier molecular flexibility index (Phi) is 4.54. The Hall–Kier alpha value is -1.73. The zero-order chi connectivity index (χ0) is 15.4. The summed E-state index contributed by atoms with van der Waals surface area (Å²) in [6, 6.07) is 0. The molecule has 1 N–H and O–H groups in total. The van der Waals surface area contributed by atoms with Crippen molar-refractivity contribution in [2.24, 2.45) is 0 Å². The third-order valence-corrected chi connectivity index (χ3v) is 4.05. The summed E-state index contributed by atoms with van der Waals surface area (Å²) in [7, 11) is 0. The summed E-state index contributed by atoms with van der Waals surface area (Å²) in [5.74, 6) is 0.155. The summed E-state index contributed by atoms with van der Waals surface area (Å²) in [4.78, 5) is 22.7. The molecule has 0 aromatic carbocycles. The molecule has 1 spiro atoms. The van der Waals surface area contributed by atoms with Crippen molar-refractivity contribution in [1.82, 2.24) is 14.9 Å². The van der Waals surface area contributed by atoms with E-state index in [0.29, 0.717) is 50.7 Å². The van der Waals surface area contributed by atoms with Crippen LogP contribution >= 0.6 is 0 Å². The van der Waals surface area contributed by atoms with E-state index in [1.807, 2.05) is 0 Å². The van der Waals surface area contributed by atoms with Crippen molar-refractivity contribution < 1.29 is 14.3 Å². The summed E-state index contributed by atoms with van der Waals surface area (Å²) in [6.45, 7) is 5.46. The van der Waals surface area contributed by atoms with Crippen LogP contribution in [0, 0.1) is 0 Å². The van der Waals surface area contributed by atoms with Crippen LogP contribution in [0.25, 0.3) is 0 Å². The van der Waals surface area contributed by atoms with Crippen LogP contribution in [0.3, 0.4) is 0 Å². The fourth-order valence-electron chi connectivity index (χ4n) is 2.78. The van der Waals surface area contributed by atoms with Crippen molar-refractivity contribution in [3.8, 4) is 0 Å². The van der Waals surface area contributed by atoms with Crippen LogP contribution in [0.15, 0.2) is 12.4 Å². The SMILES string of the molecule is CCCNc1cnc(C(=O)N2CCC3(CC2)OCCO3)cn1. The number of likely N-dealkylation sites (tertiary alicyclic amines) is 1. The molecule has 0 radical (unpaired) electrons. The van der Waals surface area contributed by atoms with Crippen LogP contribution < -0.4 is 5.32 Å². The third kappa shape index (κ3) is 3.20. The number of nitrogens with zero attached hydrogens (tertiary/aromatic N) is 3. The highest BCUT2D eigenvalue weighted by molar-refractivity contribution is 5.92. The first-order chi connectivity index (χ1) is 10.7. The second-order valence-corrected chi connectivity index (χ2v) is 5.61. The van der Waals surface area contributed by atoms with Gasteiger partial charge < -0.3 is 19.7 Å². The van der Waals surface area contributed by atoms with E-state index in [0.717, 1.165) is 13.0 Å². The highest BCUT2D eigenvalue weighted by Gasteiger charge is 2.41. The smallest absolute Gasteiger partial charge is 0.274 e. The topological polar surface area (TPSA) is 76.6 Å². The van der Waals surface area contributed by atoms with Gasteiger partial charge in [0.15, 0.2) is 5.79 Å². The first-order valence-electron chi connectivity index (χ1n) is 7.85. The minimum absolute atomic E-state index is 0.0811. The summed E-state index contributed by atoms with van der Waals surface area (Å²) in [5, 5.41) is 3.14. The predicted octanol–water partition coefficient (Wildman–Crippen LogP) is 1.28. The third-order valence-electron chi connectivity index (χ3n) is 4.05. The fraction of sp³-hybridized carbons (Fsp3) is 0.667. The zero-order valence-corrected chi connectivity index (χ0v) is 12.9. The number of aromatic nitrogens is 2. The molecule has 0 unspecified atom stereocenters. The van der Waals surface area contributed by atoms with Gasteiger partial charge in [0.1, 0.15) is 11.5 Å². The van der Waals surface area contributed by atoms with E-state index in [4.69, 9.17) is 9.47 Å². The van der Waals surface area contributed by atoms with Gasteiger partial charge in [0, 0.05) is 32.5 Å². The molecule has 0 saturated carbocycles. The largest absolute Gasteiger partial charge is 0.369 e. The van der Waals surface area contributed by atoms with Crippen LogP contribution in [0.1, 0.15) is 36.7 Å². The maximum Gasteiger partial charge on any atom is 0.274 e. The second kappa shape index (κ2) is 6.58. The van der Waals surface area contributed by atoms with E-state index >= 15 is 0 Å². The molecule has 1 amide bonds. The van der Waals surface area contributed by atoms with E-state index in [1.165, 1.54) is 6.20 Å². The lowest BCUT2D eigenvalue weighted by atomic mass is 10.0. The van der Waals surface area contributed by atoms with Gasteiger partial charge >= 0.3 is 0 Å². The van der Waals surface area contributed by atoms with Gasteiger partial charge in [-0.05, 0) is 6.42 Å². The molecule has 2 fully saturated rings. The van der Waals surface area contributed by atoms with Crippen LogP contribution in [-0.4, -0.2) is 59.4 Å². The molecule has 7 nitrogen and oxygen atoms in total. The first kappa shape index (κ1) is 15.2. The molecule has 2 aliphatic heterocycles. The number of carbonyl (C=O) groups excluding carboxylic acids is 1. The van der Waals surface area contributed by atoms with E-state index in [2.05, 4.69) is 22.2 Å². The van der Waals surface area contributed by atoms with Gasteiger partial charge in [-0.1, -0.05) is 6.92 Å². The van der Waals surface area contributed by atoms with Crippen molar-refractivity contribution in [3.05, 3.63) is 18.1 Å². The van der Waals surface area contributed by atoms with E-state index in [9.17, 15) is 4.79 Å². The van der Waals surface area contributed by atoms with Gasteiger partial charge in [0.25, 0.3) is 5.91 Å². The molecule has 7 heteroatoms. The van der Waals surface area contributed by atoms with Crippen LogP contribution in [0.2, 0.25) is 0 Å². The monoisotopic (exact) mass is 306 g/mol. The average Bonchev–Trinajstić information content (AvgIpc) is 3.02. The Labute approximate surface area is 130 Å². The van der Waals surface area contributed by atoms with Gasteiger partial charge in [0.05, 0.1) is 25.6 Å². The summed E-state index contributed by atoms with van der Waals surface area (Å²) < 4.78 is 11.3. The molecule has 22 heavy (non-hydrogen) atoms. The Balaban J connectivity index is 1.57. The van der Waals surface area contributed by atoms with Crippen molar-refractivity contribution >= 4 is 11.7 Å². The van der Waals surface area contributed by atoms with E-state index in [-0.39, 0.29) is 5.91 Å². The maximum atomic E-state index is 12.4. The van der Waals surface area contributed by atoms with Crippen LogP contribution in [0.5, 0.6) is 0 Å². The van der Waals surface area contributed by atoms with Crippen molar-refractivity contribution in [2.45, 2.75) is 32.0 Å². The summed E-state index contributed by atoms with van der Waals surface area (Å²) >= 11 is 0. The predicted molar refractivity (Wildman–Crippen MR) is 80.6 cm³/mol. The highest BCUT2D eigenvalue weighted by Crippen LogP contribution is 2.31. The molecule has 2 saturated heterocycles. The maximum absolute atomic E-state index is 12.4. The molecule has 120 valence electrons. The number of nitrogens with one attached hydrogen (secondary N) is 1. The molecule has 2 aliphatic rings. The van der Waals surface area contributed by atoms with Crippen LogP contribution in [0.4, 0.5) is 5.82 Å². The number of hydrogen-bond donors (Lipinski definition) is 1. The number of amides is 1. The molecule has 3 heterocycles. The first-order valence-corrected chi connectivity index (χ1v) is 7.85. The minimum atomic E-state index is -0.462. The lowest BCUT2D eigenvalue weighted by molar-refractivity contribution is -0.181. The number of ether oxygens (including phenoxy) is 2. The number of carbonyl (C=O) groups is 1. The van der Waals surface area contributed by atoms with Gasteiger partial charge in [-0.25, -0.2) is 9.97 Å². The quantitative estimate of drug-likeness (QED) is 0.903. The van der Waals surface area contributed by atoms with Crippen LogP contribution in [-0.2, 0) is 9.47 Å². The lowest BCUT2D eigenvalue weighted by Crippen LogP contribution is -2.47. The van der Waals surface area contributed by atoms with Gasteiger partial charge in [-0.15, -0.1) is 0 Å². The second-order valence-electron chi connectivity index (χ2n) is 5.61.